The lowest BCUT2D eigenvalue weighted by molar-refractivity contribution is -0.136. The summed E-state index contributed by atoms with van der Waals surface area (Å²) >= 11 is 5.73. The molecule has 0 amide bonds. The van der Waals surface area contributed by atoms with Crippen LogP contribution >= 0.6 is 11.6 Å². The zero-order valence-electron chi connectivity index (χ0n) is 11.5. The average molecular weight is 289 g/mol. The van der Waals surface area contributed by atoms with Crippen molar-refractivity contribution in [1.29, 1.82) is 0 Å². The van der Waals surface area contributed by atoms with Gasteiger partial charge in [-0.3, -0.25) is 0 Å². The van der Waals surface area contributed by atoms with E-state index in [1.54, 1.807) is 0 Å². The molecule has 3 atom stereocenters. The Morgan fingerprint density at radius 3 is 2.16 bits per heavy atom. The van der Waals surface area contributed by atoms with E-state index in [-0.39, 0.29) is 17.4 Å². The van der Waals surface area contributed by atoms with Crippen molar-refractivity contribution in [3.8, 4) is 0 Å². The Hall–Kier alpha value is -1.03. The summed E-state index contributed by atoms with van der Waals surface area (Å²) in [6.45, 7) is 6.15. The number of carboxylic acids is 2. The summed E-state index contributed by atoms with van der Waals surface area (Å²) in [6, 6.07) is 0. The number of carbonyl (C=O) groups is 2. The highest BCUT2D eigenvalue weighted by atomic mass is 35.5. The highest BCUT2D eigenvalue weighted by molar-refractivity contribution is 6.42. The maximum absolute atomic E-state index is 11.4. The molecule has 2 N–H and O–H groups in total. The maximum Gasteiger partial charge on any atom is 0.347 e. The molecule has 1 rings (SSSR count). The second-order valence-corrected chi connectivity index (χ2v) is 6.15. The van der Waals surface area contributed by atoms with Gasteiger partial charge in [0.15, 0.2) is 0 Å². The third-order valence-electron chi connectivity index (χ3n) is 4.05. The lowest BCUT2D eigenvalue weighted by Crippen LogP contribution is -2.32. The Morgan fingerprint density at radius 1 is 1.16 bits per heavy atom. The molecule has 0 heterocycles. The molecule has 0 aromatic rings. The van der Waals surface area contributed by atoms with E-state index in [2.05, 4.69) is 6.92 Å². The van der Waals surface area contributed by atoms with Crippen LogP contribution in [-0.2, 0) is 9.59 Å². The van der Waals surface area contributed by atoms with Crippen LogP contribution in [0.3, 0.4) is 0 Å². The van der Waals surface area contributed by atoms with Crippen LogP contribution in [0.5, 0.6) is 0 Å². The van der Waals surface area contributed by atoms with Crippen molar-refractivity contribution in [1.82, 2.24) is 0 Å². The van der Waals surface area contributed by atoms with Gasteiger partial charge in [-0.15, -0.1) is 0 Å². The average Bonchev–Trinajstić information content (AvgIpc) is 2.28. The van der Waals surface area contributed by atoms with Crippen molar-refractivity contribution >= 4 is 23.5 Å². The molecule has 0 radical (unpaired) electrons. The molecule has 1 saturated carbocycles. The molecule has 0 aromatic carbocycles. The Bertz CT molecular complexity index is 400. The van der Waals surface area contributed by atoms with Gasteiger partial charge in [0.1, 0.15) is 5.03 Å². The number of halogens is 1. The second-order valence-electron chi connectivity index (χ2n) is 5.77. The van der Waals surface area contributed by atoms with Crippen LogP contribution in [0.4, 0.5) is 0 Å². The summed E-state index contributed by atoms with van der Waals surface area (Å²) in [5.41, 5.74) is -0.126. The molecule has 0 spiro atoms. The predicted octanol–water partition coefficient (Wildman–Crippen LogP) is 3.36. The van der Waals surface area contributed by atoms with Gasteiger partial charge in [-0.05, 0) is 36.5 Å². The van der Waals surface area contributed by atoms with Gasteiger partial charge in [0, 0.05) is 0 Å². The SMILES string of the molecule is CC1CCC(C(C)C)C(/C(C(=O)O)=C(\Cl)C(=O)O)C1. The van der Waals surface area contributed by atoms with Crippen LogP contribution in [0.2, 0.25) is 0 Å². The molecular formula is C14H21ClO4. The number of hydrogen-bond donors (Lipinski definition) is 2. The minimum Gasteiger partial charge on any atom is -0.478 e. The monoisotopic (exact) mass is 288 g/mol. The van der Waals surface area contributed by atoms with Crippen molar-refractivity contribution in [2.24, 2.45) is 23.7 Å². The normalized spacial score (nSPS) is 29.0. The van der Waals surface area contributed by atoms with E-state index >= 15 is 0 Å². The fourth-order valence-electron chi connectivity index (χ4n) is 3.06. The Balaban J connectivity index is 3.21. The zero-order valence-corrected chi connectivity index (χ0v) is 12.3. The van der Waals surface area contributed by atoms with Gasteiger partial charge in [-0.25, -0.2) is 9.59 Å². The first-order chi connectivity index (χ1) is 8.75. The van der Waals surface area contributed by atoms with Crippen LogP contribution in [0.25, 0.3) is 0 Å². The van der Waals surface area contributed by atoms with Crippen LogP contribution in [-0.4, -0.2) is 22.2 Å². The Labute approximate surface area is 118 Å². The predicted molar refractivity (Wildman–Crippen MR) is 73.0 cm³/mol. The minimum atomic E-state index is -1.36. The summed E-state index contributed by atoms with van der Waals surface area (Å²) in [6.07, 6.45) is 2.66. The molecule has 4 nitrogen and oxygen atoms in total. The third-order valence-corrected chi connectivity index (χ3v) is 4.41. The van der Waals surface area contributed by atoms with Crippen molar-refractivity contribution in [3.63, 3.8) is 0 Å². The van der Waals surface area contributed by atoms with E-state index in [1.165, 1.54) is 0 Å². The third kappa shape index (κ3) is 3.72. The first kappa shape index (κ1) is 16.0. The summed E-state index contributed by atoms with van der Waals surface area (Å²) in [7, 11) is 0. The highest BCUT2D eigenvalue weighted by Crippen LogP contribution is 2.43. The van der Waals surface area contributed by atoms with Crippen molar-refractivity contribution < 1.29 is 19.8 Å². The molecule has 0 aliphatic heterocycles. The van der Waals surface area contributed by atoms with Crippen LogP contribution in [0.1, 0.15) is 40.0 Å². The highest BCUT2D eigenvalue weighted by Gasteiger charge is 2.38. The van der Waals surface area contributed by atoms with Gasteiger partial charge < -0.3 is 10.2 Å². The van der Waals surface area contributed by atoms with Gasteiger partial charge in [0.2, 0.25) is 0 Å². The van der Waals surface area contributed by atoms with Crippen molar-refractivity contribution in [2.75, 3.05) is 0 Å². The molecule has 1 aliphatic rings. The van der Waals surface area contributed by atoms with Gasteiger partial charge in [-0.2, -0.15) is 0 Å². The molecular weight excluding hydrogens is 268 g/mol. The summed E-state index contributed by atoms with van der Waals surface area (Å²) in [5.74, 6) is -1.96. The first-order valence-electron chi connectivity index (χ1n) is 6.61. The Morgan fingerprint density at radius 2 is 1.74 bits per heavy atom. The van der Waals surface area contributed by atoms with E-state index in [0.717, 1.165) is 12.8 Å². The fourth-order valence-corrected chi connectivity index (χ4v) is 3.29. The van der Waals surface area contributed by atoms with E-state index in [0.29, 0.717) is 18.3 Å². The summed E-state index contributed by atoms with van der Waals surface area (Å²) < 4.78 is 0. The van der Waals surface area contributed by atoms with E-state index < -0.39 is 17.0 Å². The van der Waals surface area contributed by atoms with Crippen LogP contribution < -0.4 is 0 Å². The number of rotatable bonds is 4. The second kappa shape index (κ2) is 6.42. The topological polar surface area (TPSA) is 74.6 Å². The number of hydrogen-bond acceptors (Lipinski definition) is 2. The van der Waals surface area contributed by atoms with Gasteiger partial charge >= 0.3 is 11.9 Å². The standard InChI is InChI=1S/C14H21ClO4/c1-7(2)9-5-4-8(3)6-10(9)11(13(16)17)12(15)14(18)19/h7-10H,4-6H2,1-3H3,(H,16,17)(H,18,19)/b12-11+. The number of aliphatic carboxylic acids is 2. The summed E-state index contributed by atoms with van der Waals surface area (Å²) in [4.78, 5) is 22.4. The van der Waals surface area contributed by atoms with Gasteiger partial charge in [-0.1, -0.05) is 38.8 Å². The van der Waals surface area contributed by atoms with Crippen LogP contribution in [0.15, 0.2) is 10.6 Å². The largest absolute Gasteiger partial charge is 0.478 e. The molecule has 3 unspecified atom stereocenters. The first-order valence-corrected chi connectivity index (χ1v) is 6.99. The molecule has 0 bridgehead atoms. The molecule has 1 aliphatic carbocycles. The molecule has 108 valence electrons. The van der Waals surface area contributed by atoms with Gasteiger partial charge in [0.25, 0.3) is 0 Å². The summed E-state index contributed by atoms with van der Waals surface area (Å²) in [5, 5.41) is 17.8. The lowest BCUT2D eigenvalue weighted by atomic mass is 9.67. The minimum absolute atomic E-state index is 0.126. The lowest BCUT2D eigenvalue weighted by Gasteiger charge is -2.37. The zero-order chi connectivity index (χ0) is 14.7. The Kier molecular flexibility index (Phi) is 5.41. The van der Waals surface area contributed by atoms with E-state index in [4.69, 9.17) is 16.7 Å². The van der Waals surface area contributed by atoms with Crippen molar-refractivity contribution in [3.05, 3.63) is 10.6 Å². The van der Waals surface area contributed by atoms with E-state index in [1.807, 2.05) is 13.8 Å². The maximum atomic E-state index is 11.4. The van der Waals surface area contributed by atoms with Crippen LogP contribution in [0, 0.1) is 23.7 Å². The molecule has 5 heteroatoms. The fraction of sp³-hybridized carbons (Fsp3) is 0.714. The number of carboxylic acid groups (broad SMARTS) is 2. The quantitative estimate of drug-likeness (QED) is 0.778. The molecule has 0 aromatic heterocycles. The smallest absolute Gasteiger partial charge is 0.347 e. The molecule has 1 fully saturated rings. The molecule has 0 saturated heterocycles. The molecule has 19 heavy (non-hydrogen) atoms. The van der Waals surface area contributed by atoms with E-state index in [9.17, 15) is 14.7 Å². The van der Waals surface area contributed by atoms with Gasteiger partial charge in [0.05, 0.1) is 5.57 Å². The van der Waals surface area contributed by atoms with Crippen molar-refractivity contribution in [2.45, 2.75) is 40.0 Å².